The fourth-order valence-electron chi connectivity index (χ4n) is 2.51. The van der Waals surface area contributed by atoms with E-state index in [1.54, 1.807) is 0 Å². The number of hydrogen-bond acceptors (Lipinski definition) is 3. The Morgan fingerprint density at radius 2 is 1.95 bits per heavy atom. The molecular weight excluding hydrogens is 270 g/mol. The maximum absolute atomic E-state index is 14.0. The first-order valence-corrected chi connectivity index (χ1v) is 6.33. The van der Waals surface area contributed by atoms with Crippen molar-refractivity contribution >= 4 is 11.6 Å². The van der Waals surface area contributed by atoms with Crippen LogP contribution in [0.1, 0.15) is 36.0 Å². The van der Waals surface area contributed by atoms with Crippen molar-refractivity contribution < 1.29 is 18.5 Å². The minimum atomic E-state index is -1.41. The Morgan fingerprint density at radius 3 is 2.50 bits per heavy atom. The molecule has 20 heavy (non-hydrogen) atoms. The Labute approximate surface area is 114 Å². The Balaban J connectivity index is 2.38. The van der Waals surface area contributed by atoms with Gasteiger partial charge in [0.15, 0.2) is 0 Å². The summed E-state index contributed by atoms with van der Waals surface area (Å²) in [6.07, 6.45) is 3.48. The van der Waals surface area contributed by atoms with Crippen molar-refractivity contribution in [3.8, 4) is 0 Å². The molecule has 0 aliphatic heterocycles. The number of benzene rings is 1. The van der Waals surface area contributed by atoms with Crippen molar-refractivity contribution in [2.45, 2.75) is 31.7 Å². The highest BCUT2D eigenvalue weighted by Gasteiger charge is 2.31. The lowest BCUT2D eigenvalue weighted by molar-refractivity contribution is -0.387. The molecule has 1 aromatic carbocycles. The molecule has 0 bridgehead atoms. The number of carbonyl (C=O) groups is 1. The van der Waals surface area contributed by atoms with E-state index in [-0.39, 0.29) is 6.04 Å². The first-order chi connectivity index (χ1) is 9.43. The summed E-state index contributed by atoms with van der Waals surface area (Å²) in [6.45, 7) is 0. The quantitative estimate of drug-likeness (QED) is 0.633. The summed E-state index contributed by atoms with van der Waals surface area (Å²) in [5, 5.41) is 10.7. The summed E-state index contributed by atoms with van der Waals surface area (Å²) in [5.41, 5.74) is -1.75. The van der Waals surface area contributed by atoms with Crippen LogP contribution in [0, 0.1) is 21.7 Å². The van der Waals surface area contributed by atoms with E-state index in [2.05, 4.69) is 0 Å². The first-order valence-electron chi connectivity index (χ1n) is 6.33. The molecule has 0 N–H and O–H groups in total. The molecule has 0 aromatic heterocycles. The standard InChI is InChI=1S/C13H14F2N2O3/c1-16(8-4-2-3-5-8)13(18)11-9(14)6-7-10(12(11)15)17(19)20/h6-8H,2-5H2,1H3. The van der Waals surface area contributed by atoms with Crippen molar-refractivity contribution in [1.82, 2.24) is 4.90 Å². The summed E-state index contributed by atoms with van der Waals surface area (Å²) in [7, 11) is 1.47. The number of nitro groups is 1. The molecule has 0 radical (unpaired) electrons. The van der Waals surface area contributed by atoms with Crippen LogP contribution in [0.25, 0.3) is 0 Å². The molecule has 7 heteroatoms. The minimum absolute atomic E-state index is 0.0689. The van der Waals surface area contributed by atoms with Gasteiger partial charge in [-0.3, -0.25) is 14.9 Å². The summed E-state index contributed by atoms with van der Waals surface area (Å²) in [6, 6.07) is 1.40. The number of carbonyl (C=O) groups excluding carboxylic acids is 1. The van der Waals surface area contributed by atoms with Crippen LogP contribution in [0.15, 0.2) is 12.1 Å². The van der Waals surface area contributed by atoms with Gasteiger partial charge in [-0.15, -0.1) is 0 Å². The molecular formula is C13H14F2N2O3. The van der Waals surface area contributed by atoms with E-state index in [0.717, 1.165) is 37.8 Å². The highest BCUT2D eigenvalue weighted by atomic mass is 19.1. The zero-order valence-corrected chi connectivity index (χ0v) is 10.9. The van der Waals surface area contributed by atoms with Crippen LogP contribution in [-0.2, 0) is 0 Å². The molecule has 5 nitrogen and oxygen atoms in total. The average Bonchev–Trinajstić information content (AvgIpc) is 2.91. The Bertz CT molecular complexity index is 557. The van der Waals surface area contributed by atoms with Crippen LogP contribution in [0.5, 0.6) is 0 Å². The second-order valence-electron chi connectivity index (χ2n) is 4.87. The minimum Gasteiger partial charge on any atom is -0.339 e. The van der Waals surface area contributed by atoms with Crippen molar-refractivity contribution in [2.24, 2.45) is 0 Å². The lowest BCUT2D eigenvalue weighted by atomic mass is 10.1. The topological polar surface area (TPSA) is 63.5 Å². The van der Waals surface area contributed by atoms with Gasteiger partial charge < -0.3 is 4.90 Å². The van der Waals surface area contributed by atoms with E-state index in [9.17, 15) is 23.7 Å². The molecule has 2 rings (SSSR count). The van der Waals surface area contributed by atoms with Crippen LogP contribution in [0.4, 0.5) is 14.5 Å². The average molecular weight is 284 g/mol. The van der Waals surface area contributed by atoms with Crippen LogP contribution < -0.4 is 0 Å². The normalized spacial score (nSPS) is 15.3. The van der Waals surface area contributed by atoms with Gasteiger partial charge in [0.2, 0.25) is 5.82 Å². The van der Waals surface area contributed by atoms with Crippen LogP contribution in [-0.4, -0.2) is 28.8 Å². The Morgan fingerprint density at radius 1 is 1.35 bits per heavy atom. The zero-order chi connectivity index (χ0) is 14.9. The number of amides is 1. The SMILES string of the molecule is CN(C(=O)c1c(F)ccc([N+](=O)[O-])c1F)C1CCCC1. The van der Waals surface area contributed by atoms with Gasteiger partial charge >= 0.3 is 5.69 Å². The van der Waals surface area contributed by atoms with Gasteiger partial charge in [0.1, 0.15) is 11.4 Å². The third-order valence-corrected chi connectivity index (χ3v) is 3.67. The molecule has 1 aliphatic carbocycles. The number of hydrogen-bond donors (Lipinski definition) is 0. The van der Waals surface area contributed by atoms with Gasteiger partial charge in [0.05, 0.1) is 4.92 Å². The lowest BCUT2D eigenvalue weighted by Gasteiger charge is -2.24. The summed E-state index contributed by atoms with van der Waals surface area (Å²) in [4.78, 5) is 23.1. The molecule has 1 fully saturated rings. The molecule has 1 saturated carbocycles. The van der Waals surface area contributed by atoms with Crippen molar-refractivity contribution in [1.29, 1.82) is 0 Å². The third-order valence-electron chi connectivity index (χ3n) is 3.67. The van der Waals surface area contributed by atoms with Gasteiger partial charge in [-0.2, -0.15) is 4.39 Å². The van der Waals surface area contributed by atoms with Gasteiger partial charge in [-0.25, -0.2) is 4.39 Å². The largest absolute Gasteiger partial charge is 0.339 e. The number of halogens is 2. The van der Waals surface area contributed by atoms with E-state index < -0.39 is 33.7 Å². The molecule has 108 valence electrons. The molecule has 1 aliphatic rings. The lowest BCUT2D eigenvalue weighted by Crippen LogP contribution is -2.36. The molecule has 0 unspecified atom stereocenters. The Hall–Kier alpha value is -2.05. The highest BCUT2D eigenvalue weighted by Crippen LogP contribution is 2.27. The van der Waals surface area contributed by atoms with Crippen LogP contribution in [0.3, 0.4) is 0 Å². The Kier molecular flexibility index (Phi) is 3.96. The van der Waals surface area contributed by atoms with E-state index in [4.69, 9.17) is 0 Å². The second-order valence-corrected chi connectivity index (χ2v) is 4.87. The van der Waals surface area contributed by atoms with E-state index >= 15 is 0 Å². The van der Waals surface area contributed by atoms with Gasteiger partial charge in [-0.05, 0) is 18.9 Å². The third kappa shape index (κ3) is 2.48. The number of nitro benzene ring substituents is 1. The highest BCUT2D eigenvalue weighted by molar-refractivity contribution is 5.95. The number of nitrogens with zero attached hydrogens (tertiary/aromatic N) is 2. The molecule has 1 amide bonds. The predicted molar refractivity (Wildman–Crippen MR) is 67.4 cm³/mol. The monoisotopic (exact) mass is 284 g/mol. The smallest absolute Gasteiger partial charge is 0.305 e. The van der Waals surface area contributed by atoms with Gasteiger partial charge in [-0.1, -0.05) is 12.8 Å². The van der Waals surface area contributed by atoms with Gasteiger partial charge in [0, 0.05) is 19.2 Å². The molecule has 0 saturated heterocycles. The van der Waals surface area contributed by atoms with E-state index in [1.165, 1.54) is 11.9 Å². The van der Waals surface area contributed by atoms with Crippen molar-refractivity contribution in [3.05, 3.63) is 39.4 Å². The number of rotatable bonds is 3. The molecule has 0 spiro atoms. The molecule has 0 heterocycles. The van der Waals surface area contributed by atoms with E-state index in [1.807, 2.05) is 0 Å². The fraction of sp³-hybridized carbons (Fsp3) is 0.462. The first kappa shape index (κ1) is 14.4. The summed E-state index contributed by atoms with van der Waals surface area (Å²) in [5.74, 6) is -3.34. The summed E-state index contributed by atoms with van der Waals surface area (Å²) >= 11 is 0. The molecule has 0 atom stereocenters. The second kappa shape index (κ2) is 5.52. The fourth-order valence-corrected chi connectivity index (χ4v) is 2.51. The van der Waals surface area contributed by atoms with Crippen molar-refractivity contribution in [3.63, 3.8) is 0 Å². The summed E-state index contributed by atoms with van der Waals surface area (Å²) < 4.78 is 27.6. The van der Waals surface area contributed by atoms with E-state index in [0.29, 0.717) is 0 Å². The van der Waals surface area contributed by atoms with Gasteiger partial charge in [0.25, 0.3) is 5.91 Å². The predicted octanol–water partition coefficient (Wildman–Crippen LogP) is 2.89. The maximum Gasteiger partial charge on any atom is 0.305 e. The van der Waals surface area contributed by atoms with Crippen molar-refractivity contribution in [2.75, 3.05) is 7.05 Å². The van der Waals surface area contributed by atoms with Crippen LogP contribution >= 0.6 is 0 Å². The maximum atomic E-state index is 14.0. The zero-order valence-electron chi connectivity index (χ0n) is 10.9. The van der Waals surface area contributed by atoms with Crippen LogP contribution in [0.2, 0.25) is 0 Å². The molecule has 1 aromatic rings.